The predicted molar refractivity (Wildman–Crippen MR) is 118 cm³/mol. The Morgan fingerprint density at radius 1 is 1.13 bits per heavy atom. The molecule has 0 saturated carbocycles. The largest absolute Gasteiger partial charge is 0.476 e. The molecule has 0 aliphatic carbocycles. The molecule has 168 valence electrons. The van der Waals surface area contributed by atoms with E-state index >= 15 is 0 Å². The first kappa shape index (κ1) is 26.0. The smallest absolute Gasteiger partial charge is 0.417 e. The number of aromatic nitrogens is 2. The molecular formula is C19H27F3IN5O2. The summed E-state index contributed by atoms with van der Waals surface area (Å²) in [4.78, 5) is 12.3. The van der Waals surface area contributed by atoms with Crippen molar-refractivity contribution >= 4 is 29.9 Å². The summed E-state index contributed by atoms with van der Waals surface area (Å²) >= 11 is 0. The zero-order valence-electron chi connectivity index (χ0n) is 17.3. The molecule has 0 bridgehead atoms. The number of hydrogen-bond donors (Lipinski definition) is 2. The van der Waals surface area contributed by atoms with Gasteiger partial charge in [0.2, 0.25) is 11.8 Å². The van der Waals surface area contributed by atoms with Crippen LogP contribution in [0.3, 0.4) is 0 Å². The number of ether oxygens (including phenoxy) is 1. The molecule has 0 amide bonds. The number of alkyl halides is 3. The molecule has 30 heavy (non-hydrogen) atoms. The van der Waals surface area contributed by atoms with Crippen molar-refractivity contribution in [2.24, 2.45) is 4.99 Å². The van der Waals surface area contributed by atoms with Crippen molar-refractivity contribution in [3.63, 3.8) is 0 Å². The molecule has 2 N–H and O–H groups in total. The third kappa shape index (κ3) is 8.36. The molecule has 11 heteroatoms. The molecule has 2 heterocycles. The van der Waals surface area contributed by atoms with Crippen LogP contribution in [-0.4, -0.2) is 35.6 Å². The molecular weight excluding hydrogens is 514 g/mol. The van der Waals surface area contributed by atoms with Crippen molar-refractivity contribution in [3.8, 4) is 5.88 Å². The van der Waals surface area contributed by atoms with Crippen molar-refractivity contribution in [1.29, 1.82) is 0 Å². The Kier molecular flexibility index (Phi) is 9.85. The Morgan fingerprint density at radius 3 is 2.40 bits per heavy atom. The first-order valence-electron chi connectivity index (χ1n) is 9.23. The lowest BCUT2D eigenvalue weighted by molar-refractivity contribution is -0.137. The van der Waals surface area contributed by atoms with Gasteiger partial charge in [-0.05, 0) is 13.0 Å². The second-order valence-corrected chi connectivity index (χ2v) is 7.22. The van der Waals surface area contributed by atoms with E-state index in [1.165, 1.54) is 6.07 Å². The molecule has 0 saturated heterocycles. The molecule has 0 unspecified atom stereocenters. The van der Waals surface area contributed by atoms with Crippen LogP contribution in [0, 0.1) is 0 Å². The van der Waals surface area contributed by atoms with Crippen LogP contribution >= 0.6 is 24.0 Å². The SMILES string of the molecule is CCNC(=NCc1ncc(C(C)(C)C)o1)NCCOc1ccc(C(F)(F)F)cn1.I. The summed E-state index contributed by atoms with van der Waals surface area (Å²) in [5, 5.41) is 6.16. The highest BCUT2D eigenvalue weighted by Gasteiger charge is 2.30. The van der Waals surface area contributed by atoms with Gasteiger partial charge < -0.3 is 19.8 Å². The molecule has 2 rings (SSSR count). The van der Waals surface area contributed by atoms with E-state index in [2.05, 4.69) is 25.6 Å². The number of aliphatic imine (C=N–C) groups is 1. The van der Waals surface area contributed by atoms with Gasteiger partial charge in [-0.3, -0.25) is 0 Å². The number of hydrogen-bond acceptors (Lipinski definition) is 5. The summed E-state index contributed by atoms with van der Waals surface area (Å²) in [7, 11) is 0. The quantitative estimate of drug-likeness (QED) is 0.237. The van der Waals surface area contributed by atoms with Gasteiger partial charge in [-0.15, -0.1) is 24.0 Å². The van der Waals surface area contributed by atoms with E-state index in [1.54, 1.807) is 6.20 Å². The van der Waals surface area contributed by atoms with E-state index < -0.39 is 11.7 Å². The molecule has 0 atom stereocenters. The minimum atomic E-state index is -4.42. The standard InChI is InChI=1S/C19H26F3N5O2.HI/c1-5-23-17(27-12-16-26-11-14(29-16)18(2,3)4)24-8-9-28-15-7-6-13(10-25-15)19(20,21)22;/h6-7,10-11H,5,8-9,12H2,1-4H3,(H2,23,24,27);1H. The maximum atomic E-state index is 12.5. The summed E-state index contributed by atoms with van der Waals surface area (Å²) in [5.74, 6) is 1.97. The van der Waals surface area contributed by atoms with E-state index in [-0.39, 0.29) is 48.4 Å². The number of oxazole rings is 1. The number of pyridine rings is 1. The Hall–Kier alpha value is -2.05. The topological polar surface area (TPSA) is 84.6 Å². The van der Waals surface area contributed by atoms with Crippen molar-refractivity contribution < 1.29 is 22.3 Å². The van der Waals surface area contributed by atoms with Gasteiger partial charge in [0.1, 0.15) is 18.9 Å². The second-order valence-electron chi connectivity index (χ2n) is 7.22. The van der Waals surface area contributed by atoms with E-state index in [1.807, 2.05) is 27.7 Å². The van der Waals surface area contributed by atoms with Crippen molar-refractivity contribution in [2.45, 2.75) is 45.8 Å². The van der Waals surface area contributed by atoms with Gasteiger partial charge in [0.25, 0.3) is 0 Å². The maximum absolute atomic E-state index is 12.5. The highest BCUT2D eigenvalue weighted by Crippen LogP contribution is 2.29. The van der Waals surface area contributed by atoms with Gasteiger partial charge in [-0.2, -0.15) is 13.2 Å². The first-order chi connectivity index (χ1) is 13.6. The van der Waals surface area contributed by atoms with Crippen LogP contribution < -0.4 is 15.4 Å². The van der Waals surface area contributed by atoms with Crippen LogP contribution in [0.4, 0.5) is 13.2 Å². The highest BCUT2D eigenvalue weighted by atomic mass is 127. The molecule has 2 aromatic rings. The van der Waals surface area contributed by atoms with Crippen LogP contribution in [0.25, 0.3) is 0 Å². The minimum absolute atomic E-state index is 0. The number of nitrogens with one attached hydrogen (secondary N) is 2. The molecule has 0 spiro atoms. The maximum Gasteiger partial charge on any atom is 0.417 e. The van der Waals surface area contributed by atoms with Crippen molar-refractivity contribution in [3.05, 3.63) is 41.7 Å². The zero-order valence-corrected chi connectivity index (χ0v) is 19.7. The first-order valence-corrected chi connectivity index (χ1v) is 9.23. The predicted octanol–water partition coefficient (Wildman–Crippen LogP) is 4.14. The van der Waals surface area contributed by atoms with Crippen LogP contribution in [0.2, 0.25) is 0 Å². The van der Waals surface area contributed by atoms with Gasteiger partial charge >= 0.3 is 6.18 Å². The monoisotopic (exact) mass is 541 g/mol. The molecule has 0 radical (unpaired) electrons. The summed E-state index contributed by atoms with van der Waals surface area (Å²) in [6, 6.07) is 2.13. The highest BCUT2D eigenvalue weighted by molar-refractivity contribution is 14.0. The number of halogens is 4. The number of nitrogens with zero attached hydrogens (tertiary/aromatic N) is 3. The van der Waals surface area contributed by atoms with Crippen molar-refractivity contribution in [1.82, 2.24) is 20.6 Å². The average Bonchev–Trinajstić information content (AvgIpc) is 3.12. The molecule has 2 aromatic heterocycles. The van der Waals surface area contributed by atoms with Gasteiger partial charge in [0, 0.05) is 24.2 Å². The lowest BCUT2D eigenvalue weighted by Crippen LogP contribution is -2.39. The third-order valence-corrected chi connectivity index (χ3v) is 3.72. The molecule has 0 aromatic carbocycles. The minimum Gasteiger partial charge on any atom is -0.476 e. The second kappa shape index (κ2) is 11.4. The Morgan fingerprint density at radius 2 is 1.87 bits per heavy atom. The third-order valence-electron chi connectivity index (χ3n) is 3.72. The fraction of sp³-hybridized carbons (Fsp3) is 0.526. The lowest BCUT2D eigenvalue weighted by Gasteiger charge is -2.13. The molecule has 0 aliphatic heterocycles. The van der Waals surface area contributed by atoms with Gasteiger partial charge in [-0.1, -0.05) is 20.8 Å². The van der Waals surface area contributed by atoms with Crippen LogP contribution in [0.5, 0.6) is 5.88 Å². The number of rotatable bonds is 7. The summed E-state index contributed by atoms with van der Waals surface area (Å²) in [5.41, 5.74) is -0.938. The van der Waals surface area contributed by atoms with E-state index in [4.69, 9.17) is 9.15 Å². The summed E-state index contributed by atoms with van der Waals surface area (Å²) < 4.78 is 48.6. The normalized spacial score (nSPS) is 12.3. The Balaban J connectivity index is 0.00000450. The fourth-order valence-corrected chi connectivity index (χ4v) is 2.18. The van der Waals surface area contributed by atoms with E-state index in [0.717, 1.165) is 18.0 Å². The fourth-order valence-electron chi connectivity index (χ4n) is 2.18. The van der Waals surface area contributed by atoms with Gasteiger partial charge in [-0.25, -0.2) is 15.0 Å². The number of guanidine groups is 1. The molecule has 0 fully saturated rings. The zero-order chi connectivity index (χ0) is 21.5. The Labute approximate surface area is 190 Å². The van der Waals surface area contributed by atoms with E-state index in [0.29, 0.717) is 24.9 Å². The van der Waals surface area contributed by atoms with Crippen LogP contribution in [0.1, 0.15) is 44.9 Å². The summed E-state index contributed by atoms with van der Waals surface area (Å²) in [6.45, 7) is 9.57. The average molecular weight is 541 g/mol. The van der Waals surface area contributed by atoms with Gasteiger partial charge in [0.15, 0.2) is 5.96 Å². The van der Waals surface area contributed by atoms with Crippen molar-refractivity contribution in [2.75, 3.05) is 19.7 Å². The molecule has 0 aliphatic rings. The Bertz CT molecular complexity index is 802. The molecule has 7 nitrogen and oxygen atoms in total. The lowest BCUT2D eigenvalue weighted by atomic mass is 9.94. The van der Waals surface area contributed by atoms with Gasteiger partial charge in [0.05, 0.1) is 18.3 Å². The summed E-state index contributed by atoms with van der Waals surface area (Å²) in [6.07, 6.45) is -1.96. The van der Waals surface area contributed by atoms with Crippen LogP contribution in [-0.2, 0) is 18.1 Å². The van der Waals surface area contributed by atoms with Crippen LogP contribution in [0.15, 0.2) is 33.9 Å². The van der Waals surface area contributed by atoms with E-state index in [9.17, 15) is 13.2 Å².